The van der Waals surface area contributed by atoms with Crippen LogP contribution in [0.1, 0.15) is 23.6 Å². The molecule has 0 radical (unpaired) electrons. The first-order valence-electron chi connectivity index (χ1n) is 4.83. The van der Waals surface area contributed by atoms with Crippen LogP contribution < -0.4 is 0 Å². The predicted molar refractivity (Wildman–Crippen MR) is 54.1 cm³/mol. The molecule has 0 heterocycles. The van der Waals surface area contributed by atoms with Gasteiger partial charge in [0.15, 0.2) is 0 Å². The van der Waals surface area contributed by atoms with Crippen molar-refractivity contribution in [3.8, 4) is 0 Å². The van der Waals surface area contributed by atoms with Crippen molar-refractivity contribution in [3.05, 3.63) is 34.9 Å². The minimum absolute atomic E-state index is 0.322. The van der Waals surface area contributed by atoms with Crippen LogP contribution in [0.4, 0.5) is 0 Å². The largest absolute Gasteiger partial charge is 0.461 e. The van der Waals surface area contributed by atoms with Crippen LogP contribution >= 0.6 is 0 Å². The summed E-state index contributed by atoms with van der Waals surface area (Å²) in [6.45, 7) is 4.62. The molecule has 0 N–H and O–H groups in total. The molecule has 0 saturated heterocycles. The third-order valence-electron chi connectivity index (χ3n) is 2.82. The molecule has 0 spiro atoms. The minimum atomic E-state index is -0.322. The normalized spacial score (nSPS) is 24.4. The smallest absolute Gasteiger partial charge is 0.293 e. The number of rotatable bonds is 2. The molecule has 1 aromatic carbocycles. The van der Waals surface area contributed by atoms with E-state index in [9.17, 15) is 4.79 Å². The SMILES string of the molecule is Cc1ccc2c(c1)CC(C)(OC=O)C2. The summed E-state index contributed by atoms with van der Waals surface area (Å²) in [5, 5.41) is 0. The highest BCUT2D eigenvalue weighted by Crippen LogP contribution is 2.32. The summed E-state index contributed by atoms with van der Waals surface area (Å²) in [6, 6.07) is 6.41. The summed E-state index contributed by atoms with van der Waals surface area (Å²) in [7, 11) is 0. The zero-order valence-electron chi connectivity index (χ0n) is 8.54. The summed E-state index contributed by atoms with van der Waals surface area (Å²) < 4.78 is 5.13. The van der Waals surface area contributed by atoms with E-state index >= 15 is 0 Å². The first kappa shape index (κ1) is 9.25. The van der Waals surface area contributed by atoms with Gasteiger partial charge in [-0.1, -0.05) is 23.8 Å². The van der Waals surface area contributed by atoms with Crippen molar-refractivity contribution in [1.82, 2.24) is 0 Å². The van der Waals surface area contributed by atoms with E-state index in [0.717, 1.165) is 12.8 Å². The van der Waals surface area contributed by atoms with Gasteiger partial charge in [-0.2, -0.15) is 0 Å². The number of ether oxygens (including phenoxy) is 1. The van der Waals surface area contributed by atoms with Gasteiger partial charge in [0.1, 0.15) is 5.60 Å². The number of aryl methyl sites for hydroxylation is 1. The fourth-order valence-electron chi connectivity index (χ4n) is 2.16. The van der Waals surface area contributed by atoms with Gasteiger partial charge in [-0.3, -0.25) is 4.79 Å². The van der Waals surface area contributed by atoms with Gasteiger partial charge in [-0.05, 0) is 25.0 Å². The van der Waals surface area contributed by atoms with Crippen LogP contribution in [0.3, 0.4) is 0 Å². The van der Waals surface area contributed by atoms with Crippen LogP contribution in [-0.2, 0) is 22.4 Å². The lowest BCUT2D eigenvalue weighted by atomic mass is 10.0. The fraction of sp³-hybridized carbons (Fsp3) is 0.417. The maximum atomic E-state index is 10.4. The Labute approximate surface area is 83.9 Å². The van der Waals surface area contributed by atoms with Crippen molar-refractivity contribution in [2.45, 2.75) is 32.3 Å². The minimum Gasteiger partial charge on any atom is -0.461 e. The van der Waals surface area contributed by atoms with E-state index in [1.54, 1.807) is 0 Å². The Bertz CT molecular complexity index is 371. The molecule has 1 unspecified atom stereocenters. The fourth-order valence-corrected chi connectivity index (χ4v) is 2.16. The number of carbonyl (C=O) groups excluding carboxylic acids is 1. The van der Waals surface area contributed by atoms with E-state index in [1.165, 1.54) is 16.7 Å². The highest BCUT2D eigenvalue weighted by atomic mass is 16.5. The second kappa shape index (κ2) is 3.12. The lowest BCUT2D eigenvalue weighted by Crippen LogP contribution is -2.28. The molecule has 0 bridgehead atoms. The Morgan fingerprint density at radius 3 is 2.79 bits per heavy atom. The molecular formula is C12H14O2. The molecule has 74 valence electrons. The number of hydrogen-bond donors (Lipinski definition) is 0. The summed E-state index contributed by atoms with van der Waals surface area (Å²) in [5.41, 5.74) is 3.56. The van der Waals surface area contributed by atoms with Crippen LogP contribution in [0.15, 0.2) is 18.2 Å². The van der Waals surface area contributed by atoms with Gasteiger partial charge < -0.3 is 4.74 Å². The van der Waals surface area contributed by atoms with Crippen molar-refractivity contribution in [3.63, 3.8) is 0 Å². The van der Waals surface area contributed by atoms with Gasteiger partial charge in [0.05, 0.1) is 0 Å². The number of hydrogen-bond acceptors (Lipinski definition) is 2. The van der Waals surface area contributed by atoms with Crippen molar-refractivity contribution in [2.24, 2.45) is 0 Å². The van der Waals surface area contributed by atoms with E-state index in [0.29, 0.717) is 6.47 Å². The van der Waals surface area contributed by atoms with Crippen molar-refractivity contribution in [1.29, 1.82) is 0 Å². The molecular weight excluding hydrogens is 176 g/mol. The van der Waals surface area contributed by atoms with Crippen LogP contribution in [-0.4, -0.2) is 12.1 Å². The van der Waals surface area contributed by atoms with Gasteiger partial charge in [-0.15, -0.1) is 0 Å². The monoisotopic (exact) mass is 190 g/mol. The van der Waals surface area contributed by atoms with E-state index in [4.69, 9.17) is 4.74 Å². The van der Waals surface area contributed by atoms with Crippen LogP contribution in [0.25, 0.3) is 0 Å². The van der Waals surface area contributed by atoms with Crippen molar-refractivity contribution in [2.75, 3.05) is 0 Å². The average molecular weight is 190 g/mol. The Morgan fingerprint density at radius 2 is 2.07 bits per heavy atom. The predicted octanol–water partition coefficient (Wildman–Crippen LogP) is 2.03. The standard InChI is InChI=1S/C12H14O2/c1-9-3-4-10-6-12(2,14-8-13)7-11(10)5-9/h3-5,8H,6-7H2,1-2H3. The van der Waals surface area contributed by atoms with Crippen LogP contribution in [0.2, 0.25) is 0 Å². The average Bonchev–Trinajstić information content (AvgIpc) is 2.40. The Kier molecular flexibility index (Phi) is 2.06. The third kappa shape index (κ3) is 1.52. The third-order valence-corrected chi connectivity index (χ3v) is 2.82. The Hall–Kier alpha value is -1.31. The molecule has 1 atom stereocenters. The Morgan fingerprint density at radius 1 is 1.36 bits per heavy atom. The number of benzene rings is 1. The number of fused-ring (bicyclic) bond motifs is 1. The molecule has 1 aliphatic carbocycles. The molecule has 0 fully saturated rings. The highest BCUT2D eigenvalue weighted by molar-refractivity contribution is 5.43. The molecule has 0 aliphatic heterocycles. The second-order valence-corrected chi connectivity index (χ2v) is 4.29. The van der Waals surface area contributed by atoms with Gasteiger partial charge in [-0.25, -0.2) is 0 Å². The molecule has 2 nitrogen and oxygen atoms in total. The summed E-state index contributed by atoms with van der Waals surface area (Å²) in [6.07, 6.45) is 1.67. The summed E-state index contributed by atoms with van der Waals surface area (Å²) in [4.78, 5) is 10.4. The zero-order valence-corrected chi connectivity index (χ0v) is 8.54. The first-order chi connectivity index (χ1) is 6.63. The van der Waals surface area contributed by atoms with Gasteiger partial charge >= 0.3 is 0 Å². The van der Waals surface area contributed by atoms with Gasteiger partial charge in [0.25, 0.3) is 6.47 Å². The van der Waals surface area contributed by atoms with E-state index in [2.05, 4.69) is 25.1 Å². The Balaban J connectivity index is 2.29. The van der Waals surface area contributed by atoms with Gasteiger partial charge in [0, 0.05) is 12.8 Å². The lowest BCUT2D eigenvalue weighted by molar-refractivity contribution is -0.140. The number of carbonyl (C=O) groups is 1. The lowest BCUT2D eigenvalue weighted by Gasteiger charge is -2.20. The summed E-state index contributed by atoms with van der Waals surface area (Å²) >= 11 is 0. The molecule has 2 heteroatoms. The quantitative estimate of drug-likeness (QED) is 0.667. The molecule has 1 aromatic rings. The first-order valence-corrected chi connectivity index (χ1v) is 4.83. The molecule has 2 rings (SSSR count). The molecule has 0 aromatic heterocycles. The summed E-state index contributed by atoms with van der Waals surface area (Å²) in [5.74, 6) is 0. The van der Waals surface area contributed by atoms with Crippen molar-refractivity contribution >= 4 is 6.47 Å². The molecule has 1 aliphatic rings. The molecule has 0 saturated carbocycles. The van der Waals surface area contributed by atoms with Crippen LogP contribution in [0.5, 0.6) is 0 Å². The zero-order chi connectivity index (χ0) is 10.2. The highest BCUT2D eigenvalue weighted by Gasteiger charge is 2.34. The van der Waals surface area contributed by atoms with Crippen molar-refractivity contribution < 1.29 is 9.53 Å². The molecule has 14 heavy (non-hydrogen) atoms. The maximum absolute atomic E-state index is 10.4. The van der Waals surface area contributed by atoms with E-state index in [-0.39, 0.29) is 5.60 Å². The van der Waals surface area contributed by atoms with E-state index in [1.807, 2.05) is 6.92 Å². The second-order valence-electron chi connectivity index (χ2n) is 4.29. The van der Waals surface area contributed by atoms with Gasteiger partial charge in [0.2, 0.25) is 0 Å². The van der Waals surface area contributed by atoms with Crippen LogP contribution in [0, 0.1) is 6.92 Å². The topological polar surface area (TPSA) is 26.3 Å². The maximum Gasteiger partial charge on any atom is 0.293 e. The molecule has 0 amide bonds. The van der Waals surface area contributed by atoms with E-state index < -0.39 is 0 Å².